The van der Waals surface area contributed by atoms with Crippen LogP contribution in [0.25, 0.3) is 0 Å². The van der Waals surface area contributed by atoms with Crippen LogP contribution in [-0.4, -0.2) is 47.4 Å². The first-order chi connectivity index (χ1) is 28.5. The van der Waals surface area contributed by atoms with Crippen molar-refractivity contribution in [2.24, 2.45) is 0 Å². The number of carbonyl (C=O) groups excluding carboxylic acids is 2. The van der Waals surface area contributed by atoms with Crippen LogP contribution in [0.1, 0.15) is 245 Å². The molecule has 0 saturated carbocycles. The SMILES string of the molecule is CCCCCC/C=C\C/C=C\CCCCCCCC(=O)OCCCC/C=C\CCCCCCCC(=O)NC(CO)C(O)/C=C/CCCCCCCCCCCCCC. The van der Waals surface area contributed by atoms with Crippen molar-refractivity contribution in [3.05, 3.63) is 48.6 Å². The summed E-state index contributed by atoms with van der Waals surface area (Å²) < 4.78 is 5.43. The summed E-state index contributed by atoms with van der Waals surface area (Å²) in [5.41, 5.74) is 0. The van der Waals surface area contributed by atoms with Crippen molar-refractivity contribution < 1.29 is 24.5 Å². The Labute approximate surface area is 359 Å². The van der Waals surface area contributed by atoms with Crippen molar-refractivity contribution in [1.82, 2.24) is 5.32 Å². The van der Waals surface area contributed by atoms with E-state index in [-0.39, 0.29) is 18.5 Å². The standard InChI is InChI=1S/C52H95NO5/c1-3-5-7-9-11-13-15-17-19-20-22-26-30-34-38-42-46-52(57)58-47-43-39-35-31-27-23-25-29-33-37-41-45-51(56)53-49(48-54)50(55)44-40-36-32-28-24-21-18-16-14-12-10-8-6-4-2/h13,15,19-20,27,31,40,44,49-50,54-55H,3-12,14,16-18,21-26,28-30,32-39,41-43,45-48H2,1-2H3,(H,53,56)/b15-13-,20-19-,31-27-,44-40+. The maximum absolute atomic E-state index is 12.4. The number of hydrogen-bond donors (Lipinski definition) is 3. The van der Waals surface area contributed by atoms with Crippen molar-refractivity contribution in [2.45, 2.75) is 257 Å². The average Bonchev–Trinajstić information content (AvgIpc) is 3.22. The van der Waals surface area contributed by atoms with Gasteiger partial charge >= 0.3 is 5.97 Å². The molecule has 0 aliphatic carbocycles. The molecule has 1 amide bonds. The first-order valence-corrected chi connectivity index (χ1v) is 24.9. The molecule has 6 heteroatoms. The van der Waals surface area contributed by atoms with Gasteiger partial charge in [-0.3, -0.25) is 9.59 Å². The number of aliphatic hydroxyl groups is 2. The molecule has 6 nitrogen and oxygen atoms in total. The molecule has 0 heterocycles. The minimum Gasteiger partial charge on any atom is -0.466 e. The van der Waals surface area contributed by atoms with Crippen LogP contribution >= 0.6 is 0 Å². The fourth-order valence-corrected chi connectivity index (χ4v) is 7.18. The summed E-state index contributed by atoms with van der Waals surface area (Å²) in [5, 5.41) is 23.0. The van der Waals surface area contributed by atoms with Crippen molar-refractivity contribution in [1.29, 1.82) is 0 Å². The molecule has 0 radical (unpaired) electrons. The second-order valence-corrected chi connectivity index (χ2v) is 16.8. The molecule has 58 heavy (non-hydrogen) atoms. The number of esters is 1. The van der Waals surface area contributed by atoms with Gasteiger partial charge in [-0.15, -0.1) is 0 Å². The highest BCUT2D eigenvalue weighted by Gasteiger charge is 2.18. The molecule has 0 fully saturated rings. The zero-order valence-corrected chi connectivity index (χ0v) is 38.3. The Hall–Kier alpha value is -2.18. The predicted molar refractivity (Wildman–Crippen MR) is 250 cm³/mol. The minimum absolute atomic E-state index is 0.0475. The van der Waals surface area contributed by atoms with Gasteiger partial charge in [0.1, 0.15) is 0 Å². The number of amides is 1. The second-order valence-electron chi connectivity index (χ2n) is 16.8. The van der Waals surface area contributed by atoms with Gasteiger partial charge in [0.2, 0.25) is 5.91 Å². The number of ether oxygens (including phenoxy) is 1. The number of rotatable bonds is 45. The van der Waals surface area contributed by atoms with E-state index in [0.29, 0.717) is 19.4 Å². The summed E-state index contributed by atoms with van der Waals surface area (Å²) in [6.07, 6.45) is 58.2. The van der Waals surface area contributed by atoms with Gasteiger partial charge in [-0.2, -0.15) is 0 Å². The van der Waals surface area contributed by atoms with Crippen LogP contribution in [0, 0.1) is 0 Å². The summed E-state index contributed by atoms with van der Waals surface area (Å²) in [5.74, 6) is -0.147. The molecule has 0 aliphatic rings. The summed E-state index contributed by atoms with van der Waals surface area (Å²) in [6.45, 7) is 4.78. The first kappa shape index (κ1) is 55.8. The van der Waals surface area contributed by atoms with Crippen LogP contribution in [0.2, 0.25) is 0 Å². The minimum atomic E-state index is -0.863. The lowest BCUT2D eigenvalue weighted by molar-refractivity contribution is -0.143. The molecule has 0 spiro atoms. The highest BCUT2D eigenvalue weighted by molar-refractivity contribution is 5.76. The Morgan fingerprint density at radius 3 is 1.34 bits per heavy atom. The number of carbonyl (C=O) groups is 2. The molecule has 3 N–H and O–H groups in total. The van der Waals surface area contributed by atoms with E-state index in [9.17, 15) is 19.8 Å². The van der Waals surface area contributed by atoms with Gasteiger partial charge in [0, 0.05) is 12.8 Å². The molecule has 0 aromatic heterocycles. The van der Waals surface area contributed by atoms with E-state index in [1.165, 1.54) is 122 Å². The zero-order valence-electron chi connectivity index (χ0n) is 38.3. The van der Waals surface area contributed by atoms with Crippen molar-refractivity contribution in [3.63, 3.8) is 0 Å². The maximum Gasteiger partial charge on any atom is 0.305 e. The van der Waals surface area contributed by atoms with Gasteiger partial charge < -0.3 is 20.3 Å². The van der Waals surface area contributed by atoms with Gasteiger partial charge in [-0.05, 0) is 89.9 Å². The number of aliphatic hydroxyl groups excluding tert-OH is 2. The molecule has 0 saturated heterocycles. The van der Waals surface area contributed by atoms with Crippen LogP contribution < -0.4 is 5.32 Å². The van der Waals surface area contributed by atoms with Crippen LogP contribution in [0.15, 0.2) is 48.6 Å². The summed E-state index contributed by atoms with van der Waals surface area (Å²) >= 11 is 0. The lowest BCUT2D eigenvalue weighted by Crippen LogP contribution is -2.45. The van der Waals surface area contributed by atoms with Crippen molar-refractivity contribution in [3.8, 4) is 0 Å². The van der Waals surface area contributed by atoms with Crippen LogP contribution in [0.4, 0.5) is 0 Å². The highest BCUT2D eigenvalue weighted by Crippen LogP contribution is 2.14. The number of nitrogens with one attached hydrogen (secondary N) is 1. The normalized spacial score (nSPS) is 13.1. The van der Waals surface area contributed by atoms with Crippen molar-refractivity contribution >= 4 is 11.9 Å². The Morgan fingerprint density at radius 1 is 0.483 bits per heavy atom. The quantitative estimate of drug-likeness (QED) is 0.0323. The zero-order chi connectivity index (χ0) is 42.3. The Morgan fingerprint density at radius 2 is 0.862 bits per heavy atom. The molecule has 0 rings (SSSR count). The first-order valence-electron chi connectivity index (χ1n) is 24.9. The van der Waals surface area contributed by atoms with E-state index in [4.69, 9.17) is 4.74 Å². The smallest absolute Gasteiger partial charge is 0.305 e. The summed E-state index contributed by atoms with van der Waals surface area (Å²) in [6, 6.07) is -0.650. The fourth-order valence-electron chi connectivity index (χ4n) is 7.18. The molecule has 0 bridgehead atoms. The van der Waals surface area contributed by atoms with Crippen LogP contribution in [0.3, 0.4) is 0 Å². The van der Waals surface area contributed by atoms with Gasteiger partial charge in [-0.25, -0.2) is 0 Å². The Balaban J connectivity index is 3.58. The number of allylic oxidation sites excluding steroid dienone is 7. The third-order valence-corrected chi connectivity index (χ3v) is 11.1. The van der Waals surface area contributed by atoms with Gasteiger partial charge in [0.15, 0.2) is 0 Å². The van der Waals surface area contributed by atoms with E-state index in [1.54, 1.807) is 6.08 Å². The topological polar surface area (TPSA) is 95.9 Å². The molecular weight excluding hydrogens is 719 g/mol. The van der Waals surface area contributed by atoms with E-state index in [1.807, 2.05) is 6.08 Å². The lowest BCUT2D eigenvalue weighted by atomic mass is 10.0. The molecular formula is C52H95NO5. The molecule has 2 unspecified atom stereocenters. The summed E-state index contributed by atoms with van der Waals surface area (Å²) in [4.78, 5) is 24.4. The monoisotopic (exact) mass is 814 g/mol. The predicted octanol–water partition coefficient (Wildman–Crippen LogP) is 14.7. The lowest BCUT2D eigenvalue weighted by Gasteiger charge is -2.20. The van der Waals surface area contributed by atoms with Crippen LogP contribution in [0.5, 0.6) is 0 Å². The molecule has 338 valence electrons. The van der Waals surface area contributed by atoms with Crippen molar-refractivity contribution in [2.75, 3.05) is 13.2 Å². The van der Waals surface area contributed by atoms with E-state index in [0.717, 1.165) is 96.3 Å². The van der Waals surface area contributed by atoms with E-state index in [2.05, 4.69) is 55.6 Å². The third-order valence-electron chi connectivity index (χ3n) is 11.1. The maximum atomic E-state index is 12.4. The third kappa shape index (κ3) is 43.4. The molecule has 0 aromatic rings. The van der Waals surface area contributed by atoms with Gasteiger partial charge in [0.25, 0.3) is 0 Å². The highest BCUT2D eigenvalue weighted by atomic mass is 16.5. The number of hydrogen-bond acceptors (Lipinski definition) is 5. The van der Waals surface area contributed by atoms with Gasteiger partial charge in [-0.1, -0.05) is 191 Å². The molecule has 2 atom stereocenters. The average molecular weight is 814 g/mol. The largest absolute Gasteiger partial charge is 0.466 e. The fraction of sp³-hybridized carbons (Fsp3) is 0.808. The van der Waals surface area contributed by atoms with E-state index >= 15 is 0 Å². The van der Waals surface area contributed by atoms with Crippen LogP contribution in [-0.2, 0) is 14.3 Å². The Kier molecular flexibility index (Phi) is 45.7. The second kappa shape index (κ2) is 47.5. The molecule has 0 aromatic carbocycles. The van der Waals surface area contributed by atoms with Gasteiger partial charge in [0.05, 0.1) is 25.4 Å². The van der Waals surface area contributed by atoms with E-state index < -0.39 is 12.1 Å². The Bertz CT molecular complexity index is 988. The number of unbranched alkanes of at least 4 members (excludes halogenated alkanes) is 28. The summed E-state index contributed by atoms with van der Waals surface area (Å²) in [7, 11) is 0. The molecule has 0 aliphatic heterocycles.